The lowest BCUT2D eigenvalue weighted by Crippen LogP contribution is -2.10. The first-order valence-corrected chi connectivity index (χ1v) is 5.69. The molecule has 0 saturated heterocycles. The maximum Gasteiger partial charge on any atom is 0.416 e. The molecule has 112 valence electrons. The summed E-state index contributed by atoms with van der Waals surface area (Å²) in [5, 5.41) is 12.7. The topological polar surface area (TPSA) is 77.2 Å². The lowest BCUT2D eigenvalue weighted by atomic mass is 10.2. The second-order valence-electron chi connectivity index (χ2n) is 4.10. The Morgan fingerprint density at radius 1 is 1.48 bits per heavy atom. The van der Waals surface area contributed by atoms with Crippen molar-refractivity contribution in [3.05, 3.63) is 41.3 Å². The van der Waals surface area contributed by atoms with E-state index in [1.165, 1.54) is 11.7 Å². The monoisotopic (exact) mass is 301 g/mol. The van der Waals surface area contributed by atoms with E-state index in [2.05, 4.69) is 10.1 Å². The number of carboxylic acids is 1. The van der Waals surface area contributed by atoms with Gasteiger partial charge in [0.15, 0.2) is 0 Å². The SMILES string of the molecule is Cn1ncc(C(=O)O)c1COc1cc(C(F)(F)F)ccn1. The molecule has 0 spiro atoms. The number of alkyl halides is 3. The molecule has 0 amide bonds. The van der Waals surface area contributed by atoms with E-state index in [4.69, 9.17) is 9.84 Å². The van der Waals surface area contributed by atoms with Crippen LogP contribution in [0, 0.1) is 0 Å². The van der Waals surface area contributed by atoms with E-state index < -0.39 is 17.7 Å². The van der Waals surface area contributed by atoms with Crippen LogP contribution < -0.4 is 4.74 Å². The van der Waals surface area contributed by atoms with Gasteiger partial charge >= 0.3 is 12.1 Å². The second kappa shape index (κ2) is 5.43. The molecule has 9 heteroatoms. The Balaban J connectivity index is 2.18. The zero-order chi connectivity index (χ0) is 15.6. The molecule has 0 aliphatic heterocycles. The van der Waals surface area contributed by atoms with Crippen LogP contribution >= 0.6 is 0 Å². The minimum Gasteiger partial charge on any atom is -0.478 e. The third-order valence-electron chi connectivity index (χ3n) is 2.71. The van der Waals surface area contributed by atoms with Gasteiger partial charge in [0.25, 0.3) is 0 Å². The molecule has 0 saturated carbocycles. The molecule has 0 unspecified atom stereocenters. The highest BCUT2D eigenvalue weighted by Crippen LogP contribution is 2.30. The molecule has 2 aromatic rings. The number of ether oxygens (including phenoxy) is 1. The number of hydrogen-bond donors (Lipinski definition) is 1. The van der Waals surface area contributed by atoms with Crippen molar-refractivity contribution in [2.45, 2.75) is 12.8 Å². The van der Waals surface area contributed by atoms with Gasteiger partial charge in [0.2, 0.25) is 5.88 Å². The summed E-state index contributed by atoms with van der Waals surface area (Å²) in [4.78, 5) is 14.6. The first-order valence-electron chi connectivity index (χ1n) is 5.69. The number of nitrogens with zero attached hydrogens (tertiary/aromatic N) is 3. The molecule has 0 aromatic carbocycles. The van der Waals surface area contributed by atoms with Crippen LogP contribution in [-0.4, -0.2) is 25.8 Å². The van der Waals surface area contributed by atoms with Crippen molar-refractivity contribution in [1.82, 2.24) is 14.8 Å². The van der Waals surface area contributed by atoms with Gasteiger partial charge in [-0.1, -0.05) is 0 Å². The fourth-order valence-electron chi connectivity index (χ4n) is 1.62. The number of pyridine rings is 1. The van der Waals surface area contributed by atoms with Crippen LogP contribution in [0.2, 0.25) is 0 Å². The van der Waals surface area contributed by atoms with Crippen LogP contribution in [0.15, 0.2) is 24.5 Å². The lowest BCUT2D eigenvalue weighted by Gasteiger charge is -2.10. The number of rotatable bonds is 4. The molecular formula is C12H10F3N3O3. The number of aryl methyl sites for hydroxylation is 1. The number of halogens is 3. The van der Waals surface area contributed by atoms with E-state index in [0.29, 0.717) is 0 Å². The third-order valence-corrected chi connectivity index (χ3v) is 2.71. The molecule has 2 heterocycles. The van der Waals surface area contributed by atoms with Crippen molar-refractivity contribution >= 4 is 5.97 Å². The largest absolute Gasteiger partial charge is 0.478 e. The van der Waals surface area contributed by atoms with E-state index >= 15 is 0 Å². The smallest absolute Gasteiger partial charge is 0.416 e. The van der Waals surface area contributed by atoms with Gasteiger partial charge in [-0.3, -0.25) is 4.68 Å². The lowest BCUT2D eigenvalue weighted by molar-refractivity contribution is -0.137. The van der Waals surface area contributed by atoms with Crippen LogP contribution in [0.25, 0.3) is 0 Å². The highest BCUT2D eigenvalue weighted by molar-refractivity contribution is 5.88. The Hall–Kier alpha value is -2.58. The van der Waals surface area contributed by atoms with Crippen molar-refractivity contribution in [2.24, 2.45) is 7.05 Å². The first kappa shape index (κ1) is 14.8. The Labute approximate surface area is 116 Å². The van der Waals surface area contributed by atoms with E-state index in [9.17, 15) is 18.0 Å². The van der Waals surface area contributed by atoms with Crippen molar-refractivity contribution in [3.63, 3.8) is 0 Å². The van der Waals surface area contributed by atoms with Gasteiger partial charge in [0, 0.05) is 19.3 Å². The second-order valence-corrected chi connectivity index (χ2v) is 4.10. The van der Waals surface area contributed by atoms with Crippen molar-refractivity contribution in [2.75, 3.05) is 0 Å². The average Bonchev–Trinajstić information content (AvgIpc) is 2.77. The molecule has 0 aliphatic rings. The molecular weight excluding hydrogens is 291 g/mol. The van der Waals surface area contributed by atoms with Crippen molar-refractivity contribution in [1.29, 1.82) is 0 Å². The fourth-order valence-corrected chi connectivity index (χ4v) is 1.62. The predicted molar refractivity (Wildman–Crippen MR) is 63.7 cm³/mol. The van der Waals surface area contributed by atoms with Gasteiger partial charge in [-0.05, 0) is 6.07 Å². The molecule has 2 aromatic heterocycles. The van der Waals surface area contributed by atoms with Crippen LogP contribution in [0.4, 0.5) is 13.2 Å². The van der Waals surface area contributed by atoms with Crippen LogP contribution in [-0.2, 0) is 19.8 Å². The number of hydrogen-bond acceptors (Lipinski definition) is 4. The van der Waals surface area contributed by atoms with Crippen LogP contribution in [0.1, 0.15) is 21.6 Å². The van der Waals surface area contributed by atoms with Gasteiger partial charge in [-0.25, -0.2) is 9.78 Å². The number of carbonyl (C=O) groups is 1. The maximum atomic E-state index is 12.5. The summed E-state index contributed by atoms with van der Waals surface area (Å²) in [7, 11) is 1.50. The van der Waals surface area contributed by atoms with Crippen molar-refractivity contribution < 1.29 is 27.8 Å². The minimum atomic E-state index is -4.50. The molecule has 6 nitrogen and oxygen atoms in total. The highest BCUT2D eigenvalue weighted by Gasteiger charge is 2.31. The normalized spacial score (nSPS) is 11.4. The fraction of sp³-hybridized carbons (Fsp3) is 0.250. The van der Waals surface area contributed by atoms with E-state index in [1.54, 1.807) is 0 Å². The molecule has 0 atom stereocenters. The quantitative estimate of drug-likeness (QED) is 0.936. The summed E-state index contributed by atoms with van der Waals surface area (Å²) in [6.45, 7) is -0.257. The predicted octanol–water partition coefficient (Wildman–Crippen LogP) is 2.11. The summed E-state index contributed by atoms with van der Waals surface area (Å²) in [5.41, 5.74) is -0.748. The maximum absolute atomic E-state index is 12.5. The van der Waals surface area contributed by atoms with E-state index in [-0.39, 0.29) is 23.7 Å². The van der Waals surface area contributed by atoms with Crippen LogP contribution in [0.3, 0.4) is 0 Å². The van der Waals surface area contributed by atoms with Gasteiger partial charge in [-0.15, -0.1) is 0 Å². The average molecular weight is 301 g/mol. The van der Waals surface area contributed by atoms with Crippen molar-refractivity contribution in [3.8, 4) is 5.88 Å². The Bertz CT molecular complexity index is 667. The molecule has 21 heavy (non-hydrogen) atoms. The van der Waals surface area contributed by atoms with Gasteiger partial charge < -0.3 is 9.84 Å². The summed E-state index contributed by atoms with van der Waals surface area (Å²) >= 11 is 0. The molecule has 0 radical (unpaired) electrons. The highest BCUT2D eigenvalue weighted by atomic mass is 19.4. The van der Waals surface area contributed by atoms with E-state index in [0.717, 1.165) is 24.5 Å². The summed E-state index contributed by atoms with van der Waals surface area (Å²) < 4.78 is 44.0. The first-order chi connectivity index (χ1) is 9.79. The van der Waals surface area contributed by atoms with Gasteiger partial charge in [0.05, 0.1) is 17.5 Å². The van der Waals surface area contributed by atoms with Gasteiger partial charge in [0.1, 0.15) is 12.2 Å². The molecule has 1 N–H and O–H groups in total. The third kappa shape index (κ3) is 3.30. The molecule has 0 aliphatic carbocycles. The Kier molecular flexibility index (Phi) is 3.83. The zero-order valence-electron chi connectivity index (χ0n) is 10.8. The standard InChI is InChI=1S/C12H10F3N3O3/c1-18-9(8(5-17-18)11(19)20)6-21-10-4-7(2-3-16-10)12(13,14)15/h2-5H,6H2,1H3,(H,19,20). The summed E-state index contributed by atoms with van der Waals surface area (Å²) in [6, 6.07) is 1.57. The summed E-state index contributed by atoms with van der Waals surface area (Å²) in [6.07, 6.45) is -2.39. The molecule has 0 fully saturated rings. The minimum absolute atomic E-state index is 0.0792. The Morgan fingerprint density at radius 3 is 2.81 bits per heavy atom. The zero-order valence-corrected chi connectivity index (χ0v) is 10.8. The molecule has 2 rings (SSSR count). The number of aromatic nitrogens is 3. The van der Waals surface area contributed by atoms with Crippen LogP contribution in [0.5, 0.6) is 5.88 Å². The number of carboxylic acid groups (broad SMARTS) is 1. The summed E-state index contributed by atoms with van der Waals surface area (Å²) in [5.74, 6) is -1.44. The van der Waals surface area contributed by atoms with E-state index in [1.807, 2.05) is 0 Å². The van der Waals surface area contributed by atoms with Gasteiger partial charge in [-0.2, -0.15) is 18.3 Å². The Morgan fingerprint density at radius 2 is 2.19 bits per heavy atom. The molecule has 0 bridgehead atoms. The number of aromatic carboxylic acids is 1.